The number of aryl methyl sites for hydroxylation is 2. The molecule has 0 saturated carbocycles. The van der Waals surface area contributed by atoms with Gasteiger partial charge in [-0.3, -0.25) is 0 Å². The molecule has 2 aromatic rings. The second-order valence-corrected chi connectivity index (χ2v) is 4.34. The van der Waals surface area contributed by atoms with Crippen LogP contribution in [-0.4, -0.2) is 0 Å². The molecular weight excluding hydrogens is 216 g/mol. The van der Waals surface area contributed by atoms with Crippen molar-refractivity contribution < 1.29 is 0 Å². The van der Waals surface area contributed by atoms with Gasteiger partial charge in [-0.05, 0) is 36.5 Å². The molecule has 0 aliphatic carbocycles. The van der Waals surface area contributed by atoms with Crippen LogP contribution in [0.2, 0.25) is 0 Å². The summed E-state index contributed by atoms with van der Waals surface area (Å²) in [7, 11) is 0. The Hall–Kier alpha value is -1.56. The van der Waals surface area contributed by atoms with E-state index >= 15 is 0 Å². The summed E-state index contributed by atoms with van der Waals surface area (Å²) in [6.45, 7) is 8.38. The van der Waals surface area contributed by atoms with E-state index in [1.54, 1.807) is 0 Å². The molecule has 0 aromatic heterocycles. The van der Waals surface area contributed by atoms with E-state index in [1.807, 2.05) is 13.8 Å². The Morgan fingerprint density at radius 1 is 0.778 bits per heavy atom. The van der Waals surface area contributed by atoms with Gasteiger partial charge in [0.05, 0.1) is 0 Å². The molecule has 0 saturated heterocycles. The molecular formula is C18H24. The van der Waals surface area contributed by atoms with Crippen LogP contribution in [0.4, 0.5) is 0 Å². The van der Waals surface area contributed by atoms with Gasteiger partial charge < -0.3 is 0 Å². The molecule has 0 N–H and O–H groups in total. The molecule has 0 aliphatic rings. The highest BCUT2D eigenvalue weighted by molar-refractivity contribution is 5.33. The van der Waals surface area contributed by atoms with Crippen LogP contribution in [0.1, 0.15) is 43.0 Å². The minimum atomic E-state index is 1.04. The van der Waals surface area contributed by atoms with Crippen LogP contribution in [0.15, 0.2) is 48.5 Å². The van der Waals surface area contributed by atoms with Crippen LogP contribution in [0.25, 0.3) is 0 Å². The lowest BCUT2D eigenvalue weighted by Crippen LogP contribution is -1.91. The molecule has 0 nitrogen and oxygen atoms in total. The van der Waals surface area contributed by atoms with E-state index in [-0.39, 0.29) is 0 Å². The molecule has 0 heterocycles. The highest BCUT2D eigenvalue weighted by atomic mass is 14.0. The summed E-state index contributed by atoms with van der Waals surface area (Å²) >= 11 is 0. The molecule has 0 heteroatoms. The molecule has 0 fully saturated rings. The van der Waals surface area contributed by atoms with Crippen molar-refractivity contribution in [1.29, 1.82) is 0 Å². The molecule has 0 amide bonds. The predicted molar refractivity (Wildman–Crippen MR) is 81.2 cm³/mol. The van der Waals surface area contributed by atoms with Crippen molar-refractivity contribution in [2.24, 2.45) is 0 Å². The Kier molecular flexibility index (Phi) is 6.21. The van der Waals surface area contributed by atoms with Gasteiger partial charge in [-0.1, -0.05) is 74.9 Å². The minimum Gasteiger partial charge on any atom is -0.0683 e. The fourth-order valence-electron chi connectivity index (χ4n) is 2.09. The first kappa shape index (κ1) is 14.5. The third-order valence-electron chi connectivity index (χ3n) is 2.86. The van der Waals surface area contributed by atoms with Gasteiger partial charge in [-0.2, -0.15) is 0 Å². The van der Waals surface area contributed by atoms with Crippen LogP contribution in [0, 0.1) is 6.92 Å². The molecule has 96 valence electrons. The van der Waals surface area contributed by atoms with Gasteiger partial charge in [0, 0.05) is 0 Å². The highest BCUT2D eigenvalue weighted by Crippen LogP contribution is 2.14. The first-order valence-corrected chi connectivity index (χ1v) is 6.91. The molecule has 0 atom stereocenters. The van der Waals surface area contributed by atoms with Gasteiger partial charge in [-0.25, -0.2) is 0 Å². The van der Waals surface area contributed by atoms with Crippen molar-refractivity contribution in [3.05, 3.63) is 70.8 Å². The lowest BCUT2D eigenvalue weighted by atomic mass is 9.99. The van der Waals surface area contributed by atoms with Gasteiger partial charge >= 0.3 is 0 Å². The summed E-state index contributed by atoms with van der Waals surface area (Å²) in [5.41, 5.74) is 5.61. The number of hydrogen-bond acceptors (Lipinski definition) is 0. The van der Waals surface area contributed by atoms with Crippen molar-refractivity contribution in [1.82, 2.24) is 0 Å². The molecule has 2 rings (SSSR count). The lowest BCUT2D eigenvalue weighted by molar-refractivity contribution is 1.10. The fraction of sp³-hybridized carbons (Fsp3) is 0.333. The van der Waals surface area contributed by atoms with Crippen molar-refractivity contribution in [3.8, 4) is 0 Å². The maximum atomic E-state index is 2.32. The standard InChI is InChI=1S/C16H18.C2H6/c1-3-14-9-13(2)10-16(11-14)12-15-7-5-4-6-8-15;1-2/h4-11H,3,12H2,1-2H3;1-2H3. The number of hydrogen-bond donors (Lipinski definition) is 0. The second-order valence-electron chi connectivity index (χ2n) is 4.34. The summed E-state index contributed by atoms with van der Waals surface area (Å²) in [5, 5.41) is 0. The van der Waals surface area contributed by atoms with Gasteiger partial charge in [0.15, 0.2) is 0 Å². The van der Waals surface area contributed by atoms with Crippen molar-refractivity contribution in [2.45, 2.75) is 40.5 Å². The van der Waals surface area contributed by atoms with Gasteiger partial charge in [0.2, 0.25) is 0 Å². The Bertz CT molecular complexity index is 455. The van der Waals surface area contributed by atoms with Crippen LogP contribution in [-0.2, 0) is 12.8 Å². The zero-order valence-corrected chi connectivity index (χ0v) is 12.0. The number of rotatable bonds is 3. The van der Waals surface area contributed by atoms with Crippen molar-refractivity contribution in [3.63, 3.8) is 0 Å². The SMILES string of the molecule is CC.CCc1cc(C)cc(Cc2ccccc2)c1. The minimum absolute atomic E-state index is 1.04. The fourth-order valence-corrected chi connectivity index (χ4v) is 2.09. The molecule has 18 heavy (non-hydrogen) atoms. The quantitative estimate of drug-likeness (QED) is 0.694. The van der Waals surface area contributed by atoms with E-state index in [0.29, 0.717) is 0 Å². The second kappa shape index (κ2) is 7.71. The zero-order valence-electron chi connectivity index (χ0n) is 12.0. The Labute approximate surface area is 112 Å². The molecule has 0 radical (unpaired) electrons. The van der Waals surface area contributed by atoms with E-state index < -0.39 is 0 Å². The van der Waals surface area contributed by atoms with E-state index in [4.69, 9.17) is 0 Å². The first-order valence-electron chi connectivity index (χ1n) is 6.91. The predicted octanol–water partition coefficient (Wildman–Crippen LogP) is 5.17. The van der Waals surface area contributed by atoms with Crippen molar-refractivity contribution >= 4 is 0 Å². The molecule has 0 bridgehead atoms. The number of benzene rings is 2. The maximum absolute atomic E-state index is 2.32. The normalized spacial score (nSPS) is 9.56. The Morgan fingerprint density at radius 3 is 2.00 bits per heavy atom. The summed E-state index contributed by atoms with van der Waals surface area (Å²) in [5.74, 6) is 0. The van der Waals surface area contributed by atoms with E-state index in [9.17, 15) is 0 Å². The topological polar surface area (TPSA) is 0 Å². The van der Waals surface area contributed by atoms with E-state index in [1.165, 1.54) is 22.3 Å². The molecule has 0 aliphatic heterocycles. The summed E-state index contributed by atoms with van der Waals surface area (Å²) in [4.78, 5) is 0. The smallest absolute Gasteiger partial charge is 0.00256 e. The Morgan fingerprint density at radius 2 is 1.39 bits per heavy atom. The van der Waals surface area contributed by atoms with Gasteiger partial charge in [0.1, 0.15) is 0 Å². The first-order chi connectivity index (χ1) is 8.78. The summed E-state index contributed by atoms with van der Waals surface area (Å²) in [6.07, 6.45) is 2.15. The zero-order chi connectivity index (χ0) is 13.4. The largest absolute Gasteiger partial charge is 0.0683 e. The Balaban J connectivity index is 0.000000771. The van der Waals surface area contributed by atoms with Crippen LogP contribution in [0.5, 0.6) is 0 Å². The monoisotopic (exact) mass is 240 g/mol. The summed E-state index contributed by atoms with van der Waals surface area (Å²) in [6, 6.07) is 17.5. The van der Waals surface area contributed by atoms with E-state index in [2.05, 4.69) is 62.4 Å². The van der Waals surface area contributed by atoms with Crippen LogP contribution in [0.3, 0.4) is 0 Å². The average Bonchev–Trinajstić information content (AvgIpc) is 2.41. The van der Waals surface area contributed by atoms with Crippen LogP contribution < -0.4 is 0 Å². The maximum Gasteiger partial charge on any atom is -0.00256 e. The molecule has 0 spiro atoms. The van der Waals surface area contributed by atoms with Crippen molar-refractivity contribution in [2.75, 3.05) is 0 Å². The molecule has 0 unspecified atom stereocenters. The van der Waals surface area contributed by atoms with Gasteiger partial charge in [0.25, 0.3) is 0 Å². The molecule has 2 aromatic carbocycles. The summed E-state index contributed by atoms with van der Waals surface area (Å²) < 4.78 is 0. The third-order valence-corrected chi connectivity index (χ3v) is 2.86. The van der Waals surface area contributed by atoms with E-state index in [0.717, 1.165) is 12.8 Å². The van der Waals surface area contributed by atoms with Gasteiger partial charge in [-0.15, -0.1) is 0 Å². The lowest BCUT2D eigenvalue weighted by Gasteiger charge is -2.06. The third kappa shape index (κ3) is 4.37. The van der Waals surface area contributed by atoms with Crippen LogP contribution >= 0.6 is 0 Å². The highest BCUT2D eigenvalue weighted by Gasteiger charge is 1.99. The average molecular weight is 240 g/mol.